The topological polar surface area (TPSA) is 75.4 Å². The van der Waals surface area contributed by atoms with Crippen molar-refractivity contribution in [2.24, 2.45) is 11.8 Å². The fraction of sp³-hybridized carbons (Fsp3) is 0.550. The lowest BCUT2D eigenvalue weighted by molar-refractivity contribution is -0.135. The average Bonchev–Trinajstić information content (AvgIpc) is 3.57. The summed E-state index contributed by atoms with van der Waals surface area (Å²) in [6.45, 7) is 1.39. The molecule has 1 aromatic carbocycles. The van der Waals surface area contributed by atoms with Crippen molar-refractivity contribution < 1.29 is 14.0 Å². The van der Waals surface area contributed by atoms with Crippen LogP contribution in [0.4, 0.5) is 5.69 Å². The summed E-state index contributed by atoms with van der Waals surface area (Å²) in [5.74, 6) is 1.84. The van der Waals surface area contributed by atoms with E-state index in [1.54, 1.807) is 0 Å². The van der Waals surface area contributed by atoms with Crippen LogP contribution in [0, 0.1) is 11.8 Å². The van der Waals surface area contributed by atoms with Crippen molar-refractivity contribution in [3.63, 3.8) is 0 Å². The number of benzene rings is 1. The Morgan fingerprint density at radius 3 is 2.50 bits per heavy atom. The quantitative estimate of drug-likeness (QED) is 0.915. The van der Waals surface area contributed by atoms with E-state index in [0.717, 1.165) is 61.2 Å². The molecule has 1 aliphatic heterocycles. The van der Waals surface area contributed by atoms with Crippen molar-refractivity contribution in [1.29, 1.82) is 0 Å². The Morgan fingerprint density at radius 1 is 1.04 bits per heavy atom. The number of anilines is 1. The predicted molar refractivity (Wildman–Crippen MR) is 96.6 cm³/mol. The highest BCUT2D eigenvalue weighted by Gasteiger charge is 2.36. The summed E-state index contributed by atoms with van der Waals surface area (Å²) in [5, 5.41) is 3.01. The summed E-state index contributed by atoms with van der Waals surface area (Å²) in [7, 11) is 0. The van der Waals surface area contributed by atoms with E-state index in [-0.39, 0.29) is 23.7 Å². The molecular formula is C20H23N3O3. The van der Waals surface area contributed by atoms with E-state index in [0.29, 0.717) is 19.0 Å². The van der Waals surface area contributed by atoms with Gasteiger partial charge in [0.2, 0.25) is 11.8 Å². The van der Waals surface area contributed by atoms with Crippen molar-refractivity contribution in [3.05, 3.63) is 24.1 Å². The molecule has 1 aromatic heterocycles. The first-order valence-corrected chi connectivity index (χ1v) is 9.67. The van der Waals surface area contributed by atoms with Crippen molar-refractivity contribution in [1.82, 2.24) is 9.88 Å². The maximum Gasteiger partial charge on any atom is 0.227 e. The van der Waals surface area contributed by atoms with Crippen LogP contribution < -0.4 is 5.32 Å². The molecule has 5 rings (SSSR count). The lowest BCUT2D eigenvalue weighted by atomic mass is 9.95. The minimum absolute atomic E-state index is 0.0340. The lowest BCUT2D eigenvalue weighted by Crippen LogP contribution is -2.42. The Balaban J connectivity index is 1.21. The van der Waals surface area contributed by atoms with Crippen molar-refractivity contribution in [2.75, 3.05) is 18.4 Å². The molecule has 2 saturated carbocycles. The van der Waals surface area contributed by atoms with Gasteiger partial charge in [-0.3, -0.25) is 9.59 Å². The van der Waals surface area contributed by atoms with Gasteiger partial charge in [0.15, 0.2) is 11.5 Å². The molecule has 0 bridgehead atoms. The maximum absolute atomic E-state index is 12.6. The van der Waals surface area contributed by atoms with Crippen molar-refractivity contribution >= 4 is 28.6 Å². The third-order valence-corrected chi connectivity index (χ3v) is 5.70. The average molecular weight is 353 g/mol. The summed E-state index contributed by atoms with van der Waals surface area (Å²) in [6.07, 6.45) is 5.85. The lowest BCUT2D eigenvalue weighted by Gasteiger charge is -2.31. The molecule has 1 N–H and O–H groups in total. The number of rotatable bonds is 4. The Bertz CT molecular complexity index is 858. The number of carbonyl (C=O) groups is 2. The zero-order valence-corrected chi connectivity index (χ0v) is 14.7. The van der Waals surface area contributed by atoms with Gasteiger partial charge in [0.1, 0.15) is 5.52 Å². The number of aromatic nitrogens is 1. The molecule has 1 saturated heterocycles. The third kappa shape index (κ3) is 3.08. The third-order valence-electron chi connectivity index (χ3n) is 5.70. The van der Waals surface area contributed by atoms with E-state index < -0.39 is 0 Å². The van der Waals surface area contributed by atoms with Gasteiger partial charge in [-0.05, 0) is 56.7 Å². The van der Waals surface area contributed by atoms with Crippen LogP contribution in [0.2, 0.25) is 0 Å². The minimum Gasteiger partial charge on any atom is -0.440 e. The smallest absolute Gasteiger partial charge is 0.227 e. The summed E-state index contributed by atoms with van der Waals surface area (Å²) >= 11 is 0. The van der Waals surface area contributed by atoms with Gasteiger partial charge in [0.05, 0.1) is 0 Å². The van der Waals surface area contributed by atoms with Crippen molar-refractivity contribution in [2.45, 2.75) is 44.4 Å². The van der Waals surface area contributed by atoms with Crippen molar-refractivity contribution in [3.8, 4) is 0 Å². The molecular weight excluding hydrogens is 330 g/mol. The van der Waals surface area contributed by atoms with Gasteiger partial charge in [0.25, 0.3) is 0 Å². The summed E-state index contributed by atoms with van der Waals surface area (Å²) in [6, 6.07) is 5.63. The molecule has 3 fully saturated rings. The molecule has 26 heavy (non-hydrogen) atoms. The Labute approximate surface area is 151 Å². The molecule has 2 aromatic rings. The molecule has 0 unspecified atom stereocenters. The highest BCUT2D eigenvalue weighted by Crippen LogP contribution is 2.40. The van der Waals surface area contributed by atoms with E-state index in [9.17, 15) is 9.59 Å². The summed E-state index contributed by atoms with van der Waals surface area (Å²) < 4.78 is 5.77. The normalized spacial score (nSPS) is 21.2. The van der Waals surface area contributed by atoms with E-state index in [4.69, 9.17) is 4.42 Å². The fourth-order valence-corrected chi connectivity index (χ4v) is 3.72. The molecule has 2 aliphatic carbocycles. The first kappa shape index (κ1) is 15.9. The number of nitrogens with zero attached hydrogens (tertiary/aromatic N) is 2. The van der Waals surface area contributed by atoms with E-state index >= 15 is 0 Å². The summed E-state index contributed by atoms with van der Waals surface area (Å²) in [5.41, 5.74) is 2.33. The van der Waals surface area contributed by atoms with E-state index in [2.05, 4.69) is 10.3 Å². The van der Waals surface area contributed by atoms with Gasteiger partial charge < -0.3 is 14.6 Å². The fourth-order valence-electron chi connectivity index (χ4n) is 3.72. The second kappa shape index (κ2) is 6.11. The van der Waals surface area contributed by atoms with Gasteiger partial charge in [-0.2, -0.15) is 0 Å². The van der Waals surface area contributed by atoms with E-state index in [1.165, 1.54) is 0 Å². The molecule has 0 radical (unpaired) electrons. The number of hydrogen-bond donors (Lipinski definition) is 1. The molecule has 0 atom stereocenters. The highest BCUT2D eigenvalue weighted by atomic mass is 16.3. The number of oxazole rings is 1. The van der Waals surface area contributed by atoms with Crippen LogP contribution >= 0.6 is 0 Å². The number of fused-ring (bicyclic) bond motifs is 1. The number of likely N-dealkylation sites (tertiary alicyclic amines) is 1. The van der Waals surface area contributed by atoms with Gasteiger partial charge in [-0.15, -0.1) is 0 Å². The first-order chi connectivity index (χ1) is 12.7. The van der Waals surface area contributed by atoms with Gasteiger partial charge in [-0.25, -0.2) is 4.98 Å². The maximum atomic E-state index is 12.6. The Kier molecular flexibility index (Phi) is 3.72. The number of nitrogens with one attached hydrogen (secondary N) is 1. The number of carbonyl (C=O) groups excluding carboxylic acids is 2. The largest absolute Gasteiger partial charge is 0.440 e. The molecule has 2 heterocycles. The zero-order valence-electron chi connectivity index (χ0n) is 14.7. The summed E-state index contributed by atoms with van der Waals surface area (Å²) in [4.78, 5) is 31.2. The van der Waals surface area contributed by atoms with Gasteiger partial charge in [-0.1, -0.05) is 0 Å². The molecule has 3 aliphatic rings. The molecule has 6 nitrogen and oxygen atoms in total. The van der Waals surface area contributed by atoms with Crippen LogP contribution in [0.15, 0.2) is 22.6 Å². The van der Waals surface area contributed by atoms with Crippen LogP contribution in [-0.2, 0) is 9.59 Å². The van der Waals surface area contributed by atoms with E-state index in [1.807, 2.05) is 23.1 Å². The van der Waals surface area contributed by atoms with Crippen LogP contribution in [-0.4, -0.2) is 34.8 Å². The second-order valence-electron chi connectivity index (χ2n) is 7.87. The van der Waals surface area contributed by atoms with Crippen LogP contribution in [0.1, 0.15) is 50.3 Å². The van der Waals surface area contributed by atoms with Crippen LogP contribution in [0.25, 0.3) is 11.1 Å². The molecule has 2 amide bonds. The van der Waals surface area contributed by atoms with Gasteiger partial charge >= 0.3 is 0 Å². The van der Waals surface area contributed by atoms with Crippen LogP contribution in [0.3, 0.4) is 0 Å². The zero-order chi connectivity index (χ0) is 17.7. The monoisotopic (exact) mass is 353 g/mol. The predicted octanol–water partition coefficient (Wildman–Crippen LogP) is 3.29. The number of piperidine rings is 1. The highest BCUT2D eigenvalue weighted by molar-refractivity contribution is 5.94. The molecule has 0 spiro atoms. The number of hydrogen-bond acceptors (Lipinski definition) is 4. The SMILES string of the molecule is O=C(Nc1ccc2oc(C3CC3)nc2c1)C1CCN(C(=O)C2CC2)CC1. The minimum atomic E-state index is -0.0340. The van der Waals surface area contributed by atoms with Crippen LogP contribution in [0.5, 0.6) is 0 Å². The first-order valence-electron chi connectivity index (χ1n) is 9.67. The Hall–Kier alpha value is -2.37. The molecule has 136 valence electrons. The second-order valence-corrected chi connectivity index (χ2v) is 7.87. The standard InChI is InChI=1S/C20H23N3O3/c24-18(12-7-9-23(10-8-12)20(25)14-3-4-14)21-15-5-6-17-16(11-15)22-19(26-17)13-1-2-13/h5-6,11-14H,1-4,7-10H2,(H,21,24). The Morgan fingerprint density at radius 2 is 1.81 bits per heavy atom. The number of amides is 2. The van der Waals surface area contributed by atoms with Gasteiger partial charge in [0, 0.05) is 36.5 Å². The molecule has 6 heteroatoms.